The number of ketones is 3. The molecular weight excluding hydrogens is 1100 g/mol. The van der Waals surface area contributed by atoms with Crippen LogP contribution in [-0.4, -0.2) is 118 Å². The molecule has 0 radical (unpaired) electrons. The Morgan fingerprint density at radius 3 is 1.28 bits per heavy atom. The van der Waals surface area contributed by atoms with Crippen LogP contribution >= 0.6 is 0 Å². The van der Waals surface area contributed by atoms with E-state index in [2.05, 4.69) is 26.6 Å². The van der Waals surface area contributed by atoms with Crippen molar-refractivity contribution in [3.8, 4) is 0 Å². The summed E-state index contributed by atoms with van der Waals surface area (Å²) in [6, 6.07) is 8.52. The number of Topliss-reactive ketones (excluding diaryl/α,β-unsaturated/α-hetero) is 3. The number of hydrogen-bond donors (Lipinski definition) is 9. The zero-order valence-corrected chi connectivity index (χ0v) is 51.9. The number of hydrogen-bond acceptors (Lipinski definition) is 13. The average molecular weight is 1190 g/mol. The van der Waals surface area contributed by atoms with Gasteiger partial charge in [0.05, 0.1) is 40.8 Å². The molecule has 0 saturated heterocycles. The number of aliphatic hydroxyl groups is 3. The molecule has 22 heteroatoms. The summed E-state index contributed by atoms with van der Waals surface area (Å²) < 4.78 is 35.2. The minimum atomic E-state index is -0.763. The fourth-order valence-corrected chi connectivity index (χ4v) is 11.5. The molecule has 10 N–H and O–H groups in total. The van der Waals surface area contributed by atoms with Crippen LogP contribution in [0.1, 0.15) is 201 Å². The van der Waals surface area contributed by atoms with Crippen molar-refractivity contribution in [3.63, 3.8) is 0 Å². The van der Waals surface area contributed by atoms with Gasteiger partial charge in [-0.25, -0.2) is 13.6 Å². The van der Waals surface area contributed by atoms with Crippen molar-refractivity contribution in [1.29, 1.82) is 0 Å². The molecule has 5 amide bonds. The molecule has 1 unspecified atom stereocenters. The fraction of sp³-hybridized carbons (Fsp3) is 0.556. The van der Waals surface area contributed by atoms with E-state index in [1.807, 2.05) is 34.6 Å². The Kier molecular flexibility index (Phi) is 21.8. The van der Waals surface area contributed by atoms with Crippen LogP contribution < -0.4 is 32.3 Å². The third kappa shape index (κ3) is 18.0. The van der Waals surface area contributed by atoms with E-state index in [4.69, 9.17) is 15.6 Å². The van der Waals surface area contributed by atoms with Crippen LogP contribution in [0, 0.1) is 53.2 Å². The zero-order chi connectivity index (χ0) is 64.1. The molecule has 2 aromatic heterocycles. The number of rotatable bonds is 11. The van der Waals surface area contributed by atoms with E-state index >= 15 is 0 Å². The Labute approximate surface area is 496 Å². The standard InChI is InChI=1S/2C23H28FN3O4.C11H19NO3.C6H13NO/c2*1-12-10-15(6-7-17(12)24)25-21(30)18-13(2)19(27(5)14(18)3)20(29)22(31)26-23(4)9-8-16(28)11-23;1-10(2,3)15-9(14)12-11(4)6-5-8(13)7-11;1-6(7)3-2-5(8)4-6/h2*6-7,10,16,28H,8-9,11H2,1-5H3,(H,25,30)(H,26,31);5-7H2,1-4H3,(H,12,14);5,8H,2-4,7H2,1H3/t2*16-,23+;11-;5?,6-/m1100/s1. The summed E-state index contributed by atoms with van der Waals surface area (Å²) in [5.74, 6) is -4.41. The van der Waals surface area contributed by atoms with Gasteiger partial charge in [-0.3, -0.25) is 33.6 Å². The number of aromatic nitrogens is 2. The number of benzene rings is 2. The van der Waals surface area contributed by atoms with Crippen LogP contribution in [0.25, 0.3) is 0 Å². The van der Waals surface area contributed by atoms with E-state index in [1.54, 1.807) is 69.5 Å². The summed E-state index contributed by atoms with van der Waals surface area (Å²) in [6.45, 7) is 22.8. The summed E-state index contributed by atoms with van der Waals surface area (Å²) in [5.41, 5.74) is 7.83. The highest BCUT2D eigenvalue weighted by Crippen LogP contribution is 2.33. The number of anilines is 2. The van der Waals surface area contributed by atoms with Crippen LogP contribution in [0.4, 0.5) is 25.0 Å². The molecule has 0 spiro atoms. The van der Waals surface area contributed by atoms with Gasteiger partial charge in [0.1, 0.15) is 23.0 Å². The van der Waals surface area contributed by atoms with Gasteiger partial charge in [-0.05, 0) is 213 Å². The van der Waals surface area contributed by atoms with Gasteiger partial charge >= 0.3 is 6.09 Å². The van der Waals surface area contributed by atoms with E-state index in [0.717, 1.165) is 19.3 Å². The van der Waals surface area contributed by atoms with Gasteiger partial charge in [0.2, 0.25) is 0 Å². The van der Waals surface area contributed by atoms with Gasteiger partial charge in [0, 0.05) is 71.9 Å². The summed E-state index contributed by atoms with van der Waals surface area (Å²) in [5, 5.41) is 42.2. The van der Waals surface area contributed by atoms with Crippen LogP contribution in [0.2, 0.25) is 0 Å². The smallest absolute Gasteiger partial charge is 0.408 e. The number of carbonyl (C=O) groups is 8. The molecule has 4 fully saturated rings. The van der Waals surface area contributed by atoms with Crippen LogP contribution in [0.3, 0.4) is 0 Å². The van der Waals surface area contributed by atoms with Crippen molar-refractivity contribution < 1.29 is 67.2 Å². The molecule has 20 nitrogen and oxygen atoms in total. The lowest BCUT2D eigenvalue weighted by Crippen LogP contribution is -2.47. The van der Waals surface area contributed by atoms with Crippen molar-refractivity contribution >= 4 is 58.4 Å². The van der Waals surface area contributed by atoms with Crippen molar-refractivity contribution in [3.05, 3.63) is 104 Å². The normalized spacial score (nSPS) is 24.2. The number of aliphatic hydroxyl groups excluding tert-OH is 3. The number of amides is 5. The van der Waals surface area contributed by atoms with Crippen LogP contribution in [-0.2, 0) is 33.2 Å². The van der Waals surface area contributed by atoms with Gasteiger partial charge in [0.15, 0.2) is 0 Å². The van der Waals surface area contributed by atoms with Crippen molar-refractivity contribution in [2.24, 2.45) is 19.8 Å². The average Bonchev–Trinajstić information content (AvgIpc) is 2.13. The Morgan fingerprint density at radius 2 is 0.988 bits per heavy atom. The molecule has 4 aliphatic rings. The minimum absolute atomic E-state index is 0.0839. The number of halogens is 2. The summed E-state index contributed by atoms with van der Waals surface area (Å²) in [7, 11) is 3.26. The second kappa shape index (κ2) is 27.1. The first kappa shape index (κ1) is 68.6. The number of aryl methyl sites for hydroxylation is 2. The van der Waals surface area contributed by atoms with Gasteiger partial charge in [-0.15, -0.1) is 0 Å². The molecular formula is C63H88F2N8O12. The fourth-order valence-electron chi connectivity index (χ4n) is 11.5. The largest absolute Gasteiger partial charge is 0.444 e. The molecule has 4 aliphatic carbocycles. The van der Waals surface area contributed by atoms with E-state index < -0.39 is 75.7 Å². The first-order chi connectivity index (χ1) is 39.2. The summed E-state index contributed by atoms with van der Waals surface area (Å²) in [4.78, 5) is 99.7. The molecule has 4 aromatic rings. The highest BCUT2D eigenvalue weighted by Gasteiger charge is 2.41. The predicted molar refractivity (Wildman–Crippen MR) is 319 cm³/mol. The van der Waals surface area contributed by atoms with Gasteiger partial charge in [0.25, 0.3) is 35.2 Å². The second-order valence-electron chi connectivity index (χ2n) is 25.8. The highest BCUT2D eigenvalue weighted by molar-refractivity contribution is 6.43. The Morgan fingerprint density at radius 1 is 0.600 bits per heavy atom. The molecule has 2 heterocycles. The Balaban J connectivity index is 0.000000228. The lowest BCUT2D eigenvalue weighted by atomic mass is 9.99. The van der Waals surface area contributed by atoms with Crippen LogP contribution in [0.5, 0.6) is 0 Å². The molecule has 466 valence electrons. The third-order valence-electron chi connectivity index (χ3n) is 16.3. The highest BCUT2D eigenvalue weighted by atomic mass is 19.1. The van der Waals surface area contributed by atoms with E-state index in [1.165, 1.54) is 45.5 Å². The van der Waals surface area contributed by atoms with E-state index in [9.17, 15) is 57.4 Å². The Bertz CT molecular complexity index is 3060. The molecule has 0 aliphatic heterocycles. The summed E-state index contributed by atoms with van der Waals surface area (Å²) >= 11 is 0. The molecule has 4 saturated carbocycles. The molecule has 7 atom stereocenters. The summed E-state index contributed by atoms with van der Waals surface area (Å²) in [6.07, 6.45) is 5.80. The number of alkyl carbamates (subject to hydrolysis) is 1. The minimum Gasteiger partial charge on any atom is -0.444 e. The second-order valence-corrected chi connectivity index (χ2v) is 25.8. The molecule has 8 rings (SSSR count). The lowest BCUT2D eigenvalue weighted by molar-refractivity contribution is -0.119. The first-order valence-electron chi connectivity index (χ1n) is 28.7. The van der Waals surface area contributed by atoms with Gasteiger partial charge in [-0.1, -0.05) is 0 Å². The molecule has 85 heavy (non-hydrogen) atoms. The van der Waals surface area contributed by atoms with Gasteiger partial charge < -0.3 is 61.5 Å². The third-order valence-corrected chi connectivity index (χ3v) is 16.3. The van der Waals surface area contributed by atoms with Crippen molar-refractivity contribution in [1.82, 2.24) is 25.1 Å². The maximum atomic E-state index is 13.5. The van der Waals surface area contributed by atoms with Crippen LogP contribution in [0.15, 0.2) is 36.4 Å². The Hall–Kier alpha value is -7.14. The first-order valence-corrected chi connectivity index (χ1v) is 28.7. The lowest BCUT2D eigenvalue weighted by Gasteiger charge is -2.27. The molecule has 2 aromatic carbocycles. The van der Waals surface area contributed by atoms with E-state index in [0.29, 0.717) is 114 Å². The van der Waals surface area contributed by atoms with Gasteiger partial charge in [-0.2, -0.15) is 0 Å². The maximum Gasteiger partial charge on any atom is 0.408 e. The monoisotopic (exact) mass is 1190 g/mol. The number of nitrogens with zero attached hydrogens (tertiary/aromatic N) is 2. The number of carbonyl (C=O) groups excluding carboxylic acids is 8. The number of ether oxygens (including phenoxy) is 1. The predicted octanol–water partition coefficient (Wildman–Crippen LogP) is 8.16. The maximum absolute atomic E-state index is 13.5. The number of nitrogens with one attached hydrogen (secondary N) is 5. The van der Waals surface area contributed by atoms with Crippen molar-refractivity contribution in [2.45, 2.75) is 213 Å². The topological polar surface area (TPSA) is 303 Å². The van der Waals surface area contributed by atoms with Crippen molar-refractivity contribution in [2.75, 3.05) is 10.6 Å². The zero-order valence-electron chi connectivity index (χ0n) is 51.9. The SMILES string of the molecule is CC(C)(C)OC(=O)N[C@@]1(C)CCC(=O)C1.C[C@]1(N)CCC(O)C1.Cc1cc(NC(=O)c2c(C)c(C(=O)C(=O)N[C@@]3(C)CC[C@@H](O)C3)n(C)c2C)ccc1F.Cc1cc(NC(=O)c2c(C)c(C(=O)C(=O)N[C@@]3(C)CC[C@@H](O)C3)n(C)c2C)ccc1F. The molecule has 0 bridgehead atoms. The van der Waals surface area contributed by atoms with E-state index in [-0.39, 0.29) is 40.4 Å². The number of nitrogens with two attached hydrogens (primary N) is 1. The quantitative estimate of drug-likeness (QED) is 0.0506.